The van der Waals surface area contributed by atoms with Gasteiger partial charge in [-0.05, 0) is 36.8 Å². The minimum atomic E-state index is -0.0292. The van der Waals surface area contributed by atoms with Crippen molar-refractivity contribution in [1.29, 1.82) is 0 Å². The molecular weight excluding hydrogens is 268 g/mol. The molecule has 0 bridgehead atoms. The maximum atomic E-state index is 12.0. The molecule has 1 fully saturated rings. The van der Waals surface area contributed by atoms with Crippen LogP contribution in [0.25, 0.3) is 11.0 Å². The molecule has 1 saturated heterocycles. The van der Waals surface area contributed by atoms with Crippen LogP contribution in [0.15, 0.2) is 23.0 Å². The fourth-order valence-corrected chi connectivity index (χ4v) is 3.94. The Hall–Kier alpha value is -0.870. The minimum Gasteiger partial charge on any atom is -0.305 e. The van der Waals surface area contributed by atoms with Crippen LogP contribution in [-0.2, 0) is 6.54 Å². The first-order valence-electron chi connectivity index (χ1n) is 6.24. The van der Waals surface area contributed by atoms with Crippen LogP contribution in [0.4, 0.5) is 0 Å². The maximum Gasteiger partial charge on any atom is 0.326 e. The molecule has 1 atom stereocenters. The number of thioether (sulfide) groups is 1. The van der Waals surface area contributed by atoms with E-state index in [1.54, 1.807) is 0 Å². The van der Waals surface area contributed by atoms with Crippen LogP contribution in [0.2, 0.25) is 5.02 Å². The molecule has 1 unspecified atom stereocenters. The summed E-state index contributed by atoms with van der Waals surface area (Å²) >= 11 is 7.92. The van der Waals surface area contributed by atoms with Crippen molar-refractivity contribution in [3.05, 3.63) is 33.7 Å². The van der Waals surface area contributed by atoms with Gasteiger partial charge in [-0.25, -0.2) is 4.79 Å². The Balaban J connectivity index is 1.95. The molecule has 0 amide bonds. The number of aromatic amines is 1. The molecule has 2 aromatic rings. The fourth-order valence-electron chi connectivity index (χ4n) is 2.47. The molecule has 96 valence electrons. The van der Waals surface area contributed by atoms with Crippen LogP contribution in [0.1, 0.15) is 19.3 Å². The van der Waals surface area contributed by atoms with Crippen LogP contribution >= 0.6 is 23.4 Å². The number of imidazole rings is 1. The lowest BCUT2D eigenvalue weighted by atomic mass is 10.2. The molecule has 1 N–H and O–H groups in total. The number of hydrogen-bond acceptors (Lipinski definition) is 2. The molecule has 1 aromatic carbocycles. The average Bonchev–Trinajstić information content (AvgIpc) is 2.66. The zero-order valence-electron chi connectivity index (χ0n) is 9.99. The third-order valence-corrected chi connectivity index (χ3v) is 5.01. The van der Waals surface area contributed by atoms with Crippen molar-refractivity contribution in [1.82, 2.24) is 9.55 Å². The topological polar surface area (TPSA) is 37.8 Å². The van der Waals surface area contributed by atoms with Crippen molar-refractivity contribution in [2.24, 2.45) is 0 Å². The van der Waals surface area contributed by atoms with Crippen molar-refractivity contribution in [2.75, 3.05) is 5.75 Å². The third-order valence-electron chi connectivity index (χ3n) is 3.40. The molecule has 0 saturated carbocycles. The lowest BCUT2D eigenvalue weighted by Gasteiger charge is -2.21. The highest BCUT2D eigenvalue weighted by atomic mass is 35.5. The molecule has 0 spiro atoms. The number of nitrogens with zero attached hydrogens (tertiary/aromatic N) is 1. The van der Waals surface area contributed by atoms with Crippen molar-refractivity contribution in [3.8, 4) is 0 Å². The molecule has 1 aliphatic heterocycles. The molecule has 2 heterocycles. The summed E-state index contributed by atoms with van der Waals surface area (Å²) in [5.41, 5.74) is 1.75. The highest BCUT2D eigenvalue weighted by Gasteiger charge is 2.17. The second kappa shape index (κ2) is 5.02. The smallest absolute Gasteiger partial charge is 0.305 e. The summed E-state index contributed by atoms with van der Waals surface area (Å²) in [5.74, 6) is 1.22. The van der Waals surface area contributed by atoms with Crippen molar-refractivity contribution in [3.63, 3.8) is 0 Å². The number of halogens is 1. The van der Waals surface area contributed by atoms with E-state index in [0.717, 1.165) is 17.6 Å². The van der Waals surface area contributed by atoms with Gasteiger partial charge in [0, 0.05) is 16.8 Å². The third kappa shape index (κ3) is 2.31. The Morgan fingerprint density at radius 2 is 2.33 bits per heavy atom. The summed E-state index contributed by atoms with van der Waals surface area (Å²) in [4.78, 5) is 14.8. The highest BCUT2D eigenvalue weighted by molar-refractivity contribution is 7.99. The number of fused-ring (bicyclic) bond motifs is 1. The van der Waals surface area contributed by atoms with Gasteiger partial charge in [-0.3, -0.25) is 4.57 Å². The normalized spacial score (nSPS) is 20.4. The van der Waals surface area contributed by atoms with Gasteiger partial charge in [0.05, 0.1) is 11.0 Å². The molecule has 5 heteroatoms. The molecule has 3 rings (SSSR count). The zero-order chi connectivity index (χ0) is 12.5. The SMILES string of the molecule is O=c1[nH]c2cc(Cl)ccc2n1CC1CCCCS1. The summed E-state index contributed by atoms with van der Waals surface area (Å²) in [6.07, 6.45) is 3.79. The number of hydrogen-bond donors (Lipinski definition) is 1. The van der Waals surface area contributed by atoms with Gasteiger partial charge in [-0.15, -0.1) is 0 Å². The second-order valence-corrected chi connectivity index (χ2v) is 6.54. The summed E-state index contributed by atoms with van der Waals surface area (Å²) in [5, 5.41) is 1.22. The van der Waals surface area contributed by atoms with Crippen LogP contribution in [0.3, 0.4) is 0 Å². The molecule has 1 aromatic heterocycles. The van der Waals surface area contributed by atoms with E-state index in [9.17, 15) is 4.79 Å². The lowest BCUT2D eigenvalue weighted by Crippen LogP contribution is -2.24. The van der Waals surface area contributed by atoms with E-state index in [0.29, 0.717) is 10.3 Å². The first-order chi connectivity index (χ1) is 8.74. The predicted octanol–water partition coefficient (Wildman–Crippen LogP) is 3.27. The first kappa shape index (κ1) is 12.2. The average molecular weight is 283 g/mol. The van der Waals surface area contributed by atoms with Gasteiger partial charge < -0.3 is 4.98 Å². The van der Waals surface area contributed by atoms with Gasteiger partial charge >= 0.3 is 5.69 Å². The standard InChI is InChI=1S/C13H15ClN2OS/c14-9-4-5-12-11(7-9)15-13(17)16(12)8-10-3-1-2-6-18-10/h4-5,7,10H,1-3,6,8H2,(H,15,17). The van der Waals surface area contributed by atoms with E-state index >= 15 is 0 Å². The summed E-state index contributed by atoms with van der Waals surface area (Å²) < 4.78 is 1.84. The summed E-state index contributed by atoms with van der Waals surface area (Å²) in [6, 6.07) is 5.56. The Morgan fingerprint density at radius 3 is 3.11 bits per heavy atom. The number of rotatable bonds is 2. The molecule has 1 aliphatic rings. The molecule has 0 radical (unpaired) electrons. The van der Waals surface area contributed by atoms with E-state index in [4.69, 9.17) is 11.6 Å². The van der Waals surface area contributed by atoms with Crippen LogP contribution in [0, 0.1) is 0 Å². The Kier molecular flexibility index (Phi) is 3.39. The van der Waals surface area contributed by atoms with Gasteiger partial charge in [0.2, 0.25) is 0 Å². The maximum absolute atomic E-state index is 12.0. The van der Waals surface area contributed by atoms with Crippen molar-refractivity contribution < 1.29 is 0 Å². The van der Waals surface area contributed by atoms with Crippen LogP contribution in [0.5, 0.6) is 0 Å². The van der Waals surface area contributed by atoms with Crippen LogP contribution in [-0.4, -0.2) is 20.6 Å². The van der Waals surface area contributed by atoms with E-state index in [-0.39, 0.29) is 5.69 Å². The van der Waals surface area contributed by atoms with Crippen LogP contribution < -0.4 is 5.69 Å². The van der Waals surface area contributed by atoms with Crippen molar-refractivity contribution >= 4 is 34.4 Å². The van der Waals surface area contributed by atoms with Crippen molar-refractivity contribution in [2.45, 2.75) is 31.1 Å². The van der Waals surface area contributed by atoms with Gasteiger partial charge in [0.1, 0.15) is 0 Å². The van der Waals surface area contributed by atoms with E-state index in [1.807, 2.05) is 34.5 Å². The summed E-state index contributed by atoms with van der Waals surface area (Å²) in [7, 11) is 0. The Labute approximate surface area is 115 Å². The number of aromatic nitrogens is 2. The Bertz CT molecular complexity index is 613. The molecule has 0 aliphatic carbocycles. The Morgan fingerprint density at radius 1 is 1.44 bits per heavy atom. The van der Waals surface area contributed by atoms with Gasteiger partial charge in [0.25, 0.3) is 0 Å². The number of H-pyrrole nitrogens is 1. The van der Waals surface area contributed by atoms with E-state index in [1.165, 1.54) is 25.0 Å². The van der Waals surface area contributed by atoms with Gasteiger partial charge in [-0.1, -0.05) is 18.0 Å². The zero-order valence-corrected chi connectivity index (χ0v) is 11.6. The lowest BCUT2D eigenvalue weighted by molar-refractivity contribution is 0.582. The highest BCUT2D eigenvalue weighted by Crippen LogP contribution is 2.27. The van der Waals surface area contributed by atoms with Gasteiger partial charge in [0.15, 0.2) is 0 Å². The second-order valence-electron chi connectivity index (χ2n) is 4.69. The fraction of sp³-hybridized carbons (Fsp3) is 0.462. The minimum absolute atomic E-state index is 0.0292. The largest absolute Gasteiger partial charge is 0.326 e. The van der Waals surface area contributed by atoms with E-state index < -0.39 is 0 Å². The number of benzene rings is 1. The predicted molar refractivity (Wildman–Crippen MR) is 77.7 cm³/mol. The monoisotopic (exact) mass is 282 g/mol. The number of nitrogens with one attached hydrogen (secondary N) is 1. The van der Waals surface area contributed by atoms with E-state index in [2.05, 4.69) is 4.98 Å². The summed E-state index contributed by atoms with van der Waals surface area (Å²) in [6.45, 7) is 0.797. The molecule has 18 heavy (non-hydrogen) atoms. The quantitative estimate of drug-likeness (QED) is 0.918. The molecular formula is C13H15ClN2OS. The first-order valence-corrected chi connectivity index (χ1v) is 7.66. The molecule has 3 nitrogen and oxygen atoms in total. The van der Waals surface area contributed by atoms with Gasteiger partial charge in [-0.2, -0.15) is 11.8 Å².